The van der Waals surface area contributed by atoms with Gasteiger partial charge in [-0.1, -0.05) is 18.2 Å². The lowest BCUT2D eigenvalue weighted by molar-refractivity contribution is 0.0925. The molecular weight excluding hydrogens is 216 g/mol. The lowest BCUT2D eigenvalue weighted by Crippen LogP contribution is -2.35. The molecule has 2 N–H and O–H groups in total. The number of H-pyrrole nitrogens is 1. The molecule has 17 heavy (non-hydrogen) atoms. The maximum atomic E-state index is 12.0. The second kappa shape index (κ2) is 4.22. The molecule has 0 aliphatic carbocycles. The third-order valence-electron chi connectivity index (χ3n) is 3.04. The van der Waals surface area contributed by atoms with E-state index < -0.39 is 0 Å². The molecule has 3 rings (SSSR count). The molecule has 1 saturated heterocycles. The molecule has 0 bridgehead atoms. The number of carbonyl (C=O) groups excluding carboxylic acids is 1. The molecule has 88 valence electrons. The Labute approximate surface area is 99.0 Å². The van der Waals surface area contributed by atoms with Crippen LogP contribution in [0.25, 0.3) is 10.9 Å². The minimum atomic E-state index is -0.0586. The number of ether oxygens (including phenoxy) is 1. The maximum Gasteiger partial charge on any atom is 0.268 e. The van der Waals surface area contributed by atoms with Crippen molar-refractivity contribution in [2.24, 2.45) is 0 Å². The van der Waals surface area contributed by atoms with Gasteiger partial charge in [0.15, 0.2) is 0 Å². The lowest BCUT2D eigenvalue weighted by atomic mass is 10.2. The summed E-state index contributed by atoms with van der Waals surface area (Å²) < 4.78 is 5.23. The Morgan fingerprint density at radius 2 is 2.29 bits per heavy atom. The van der Waals surface area contributed by atoms with Gasteiger partial charge in [-0.15, -0.1) is 0 Å². The molecule has 4 heteroatoms. The predicted molar refractivity (Wildman–Crippen MR) is 65.0 cm³/mol. The number of rotatable bonds is 2. The maximum absolute atomic E-state index is 12.0. The lowest BCUT2D eigenvalue weighted by Gasteiger charge is -2.08. The summed E-state index contributed by atoms with van der Waals surface area (Å²) in [6.07, 6.45) is 0.895. The standard InChI is InChI=1S/C13H14N2O2/c16-13(14-10-5-6-17-8-10)12-7-9-3-1-2-4-11(9)15-12/h1-4,7,10,15H,5-6,8H2,(H,14,16). The second-order valence-electron chi connectivity index (χ2n) is 4.30. The van der Waals surface area contributed by atoms with Gasteiger partial charge in [-0.2, -0.15) is 0 Å². The van der Waals surface area contributed by atoms with E-state index in [0.29, 0.717) is 12.3 Å². The molecule has 0 saturated carbocycles. The summed E-state index contributed by atoms with van der Waals surface area (Å²) in [5.74, 6) is -0.0586. The van der Waals surface area contributed by atoms with E-state index in [1.165, 1.54) is 0 Å². The highest BCUT2D eigenvalue weighted by molar-refractivity contribution is 5.98. The molecule has 1 aliphatic heterocycles. The van der Waals surface area contributed by atoms with Crippen molar-refractivity contribution in [1.82, 2.24) is 10.3 Å². The molecule has 2 aromatic rings. The molecule has 0 radical (unpaired) electrons. The van der Waals surface area contributed by atoms with Gasteiger partial charge in [-0.05, 0) is 18.6 Å². The molecule has 1 aromatic carbocycles. The van der Waals surface area contributed by atoms with Crippen LogP contribution in [0.15, 0.2) is 30.3 Å². The summed E-state index contributed by atoms with van der Waals surface area (Å²) in [6, 6.07) is 9.88. The van der Waals surface area contributed by atoms with Gasteiger partial charge in [0.05, 0.1) is 12.6 Å². The van der Waals surface area contributed by atoms with Gasteiger partial charge in [-0.3, -0.25) is 4.79 Å². The number of nitrogens with one attached hydrogen (secondary N) is 2. The summed E-state index contributed by atoms with van der Waals surface area (Å²) in [5.41, 5.74) is 1.60. The van der Waals surface area contributed by atoms with Gasteiger partial charge in [0.25, 0.3) is 5.91 Å². The van der Waals surface area contributed by atoms with Crippen LogP contribution < -0.4 is 5.32 Å². The van der Waals surface area contributed by atoms with E-state index in [0.717, 1.165) is 23.9 Å². The number of aromatic amines is 1. The van der Waals surface area contributed by atoms with Crippen molar-refractivity contribution < 1.29 is 9.53 Å². The Balaban J connectivity index is 1.80. The zero-order valence-electron chi connectivity index (χ0n) is 9.40. The van der Waals surface area contributed by atoms with Crippen molar-refractivity contribution in [3.63, 3.8) is 0 Å². The first-order valence-electron chi connectivity index (χ1n) is 5.79. The summed E-state index contributed by atoms with van der Waals surface area (Å²) >= 11 is 0. The monoisotopic (exact) mass is 230 g/mol. The average Bonchev–Trinajstić information content (AvgIpc) is 2.96. The molecule has 1 amide bonds. The summed E-state index contributed by atoms with van der Waals surface area (Å²) in [4.78, 5) is 15.1. The zero-order valence-corrected chi connectivity index (χ0v) is 9.40. The molecule has 1 atom stereocenters. The van der Waals surface area contributed by atoms with Gasteiger partial charge in [0, 0.05) is 17.5 Å². The predicted octanol–water partition coefficient (Wildman–Crippen LogP) is 1.69. The van der Waals surface area contributed by atoms with Gasteiger partial charge in [-0.25, -0.2) is 0 Å². The van der Waals surface area contributed by atoms with E-state index in [9.17, 15) is 4.79 Å². The molecule has 1 aliphatic rings. The largest absolute Gasteiger partial charge is 0.379 e. The van der Waals surface area contributed by atoms with E-state index in [1.807, 2.05) is 30.3 Å². The Hall–Kier alpha value is -1.81. The van der Waals surface area contributed by atoms with E-state index in [-0.39, 0.29) is 11.9 Å². The molecular formula is C13H14N2O2. The number of hydrogen-bond donors (Lipinski definition) is 2. The first kappa shape index (κ1) is 10.4. The number of amides is 1. The summed E-state index contributed by atoms with van der Waals surface area (Å²) in [5, 5.41) is 4.02. The molecule has 4 nitrogen and oxygen atoms in total. The highest BCUT2D eigenvalue weighted by Gasteiger charge is 2.19. The molecule has 0 spiro atoms. The van der Waals surface area contributed by atoms with Crippen LogP contribution in [-0.4, -0.2) is 30.1 Å². The van der Waals surface area contributed by atoms with Crippen molar-refractivity contribution >= 4 is 16.8 Å². The fourth-order valence-corrected chi connectivity index (χ4v) is 2.11. The van der Waals surface area contributed by atoms with E-state index >= 15 is 0 Å². The Morgan fingerprint density at radius 1 is 1.41 bits per heavy atom. The highest BCUT2D eigenvalue weighted by atomic mass is 16.5. The van der Waals surface area contributed by atoms with Crippen molar-refractivity contribution in [3.8, 4) is 0 Å². The fourth-order valence-electron chi connectivity index (χ4n) is 2.11. The minimum absolute atomic E-state index is 0.0586. The van der Waals surface area contributed by atoms with Crippen LogP contribution in [0.5, 0.6) is 0 Å². The minimum Gasteiger partial charge on any atom is -0.379 e. The van der Waals surface area contributed by atoms with Gasteiger partial charge in [0.2, 0.25) is 0 Å². The first-order valence-corrected chi connectivity index (χ1v) is 5.79. The Bertz CT molecular complexity index is 508. The van der Waals surface area contributed by atoms with Gasteiger partial charge < -0.3 is 15.0 Å². The SMILES string of the molecule is O=C(NC1CCOC1)c1cc2ccccc2[nH]1. The number of para-hydroxylation sites is 1. The number of fused-ring (bicyclic) bond motifs is 1. The number of benzene rings is 1. The number of carbonyl (C=O) groups is 1. The van der Waals surface area contributed by atoms with Gasteiger partial charge >= 0.3 is 0 Å². The van der Waals surface area contributed by atoms with Crippen LogP contribution in [0.3, 0.4) is 0 Å². The zero-order chi connectivity index (χ0) is 11.7. The first-order chi connectivity index (χ1) is 8.33. The molecule has 1 fully saturated rings. The number of aromatic nitrogens is 1. The van der Waals surface area contributed by atoms with Crippen LogP contribution in [-0.2, 0) is 4.74 Å². The van der Waals surface area contributed by atoms with Crippen molar-refractivity contribution in [2.45, 2.75) is 12.5 Å². The van der Waals surface area contributed by atoms with Crippen molar-refractivity contribution in [2.75, 3.05) is 13.2 Å². The normalized spacial score (nSPS) is 19.6. The van der Waals surface area contributed by atoms with Crippen LogP contribution in [0.2, 0.25) is 0 Å². The second-order valence-corrected chi connectivity index (χ2v) is 4.30. The summed E-state index contributed by atoms with van der Waals surface area (Å²) in [7, 11) is 0. The summed E-state index contributed by atoms with van der Waals surface area (Å²) in [6.45, 7) is 1.35. The van der Waals surface area contributed by atoms with Crippen molar-refractivity contribution in [3.05, 3.63) is 36.0 Å². The molecule has 1 aromatic heterocycles. The van der Waals surface area contributed by atoms with Gasteiger partial charge in [0.1, 0.15) is 5.69 Å². The molecule has 2 heterocycles. The number of hydrogen-bond acceptors (Lipinski definition) is 2. The quantitative estimate of drug-likeness (QED) is 0.824. The molecule has 1 unspecified atom stereocenters. The third-order valence-corrected chi connectivity index (χ3v) is 3.04. The Morgan fingerprint density at radius 3 is 3.06 bits per heavy atom. The van der Waals surface area contributed by atoms with Crippen LogP contribution in [0.4, 0.5) is 0 Å². The van der Waals surface area contributed by atoms with Crippen LogP contribution in [0, 0.1) is 0 Å². The topological polar surface area (TPSA) is 54.1 Å². The van der Waals surface area contributed by atoms with Crippen LogP contribution in [0.1, 0.15) is 16.9 Å². The van der Waals surface area contributed by atoms with Crippen LogP contribution >= 0.6 is 0 Å². The van der Waals surface area contributed by atoms with E-state index in [2.05, 4.69) is 10.3 Å². The Kier molecular flexibility index (Phi) is 2.57. The highest BCUT2D eigenvalue weighted by Crippen LogP contribution is 2.15. The van der Waals surface area contributed by atoms with E-state index in [4.69, 9.17) is 4.74 Å². The third kappa shape index (κ3) is 2.03. The fraction of sp³-hybridized carbons (Fsp3) is 0.308. The average molecular weight is 230 g/mol. The van der Waals surface area contributed by atoms with E-state index in [1.54, 1.807) is 0 Å². The van der Waals surface area contributed by atoms with Crippen molar-refractivity contribution in [1.29, 1.82) is 0 Å². The smallest absolute Gasteiger partial charge is 0.268 e.